The lowest BCUT2D eigenvalue weighted by Gasteiger charge is -2.15. The fourth-order valence-electron chi connectivity index (χ4n) is 2.69. The van der Waals surface area contributed by atoms with Gasteiger partial charge in [0.2, 0.25) is 10.0 Å². The molecule has 2 heterocycles. The van der Waals surface area contributed by atoms with Crippen molar-refractivity contribution in [3.05, 3.63) is 52.7 Å². The van der Waals surface area contributed by atoms with Gasteiger partial charge in [0.1, 0.15) is 10.7 Å². The van der Waals surface area contributed by atoms with Gasteiger partial charge < -0.3 is 0 Å². The lowest BCUT2D eigenvalue weighted by molar-refractivity contribution is -0.387. The van der Waals surface area contributed by atoms with E-state index >= 15 is 0 Å². The molecule has 1 aromatic carbocycles. The van der Waals surface area contributed by atoms with E-state index in [1.165, 1.54) is 28.6 Å². The summed E-state index contributed by atoms with van der Waals surface area (Å²) >= 11 is 0. The minimum atomic E-state index is -4.26. The third kappa shape index (κ3) is 4.11. The third-order valence-corrected chi connectivity index (χ3v) is 7.28. The van der Waals surface area contributed by atoms with E-state index in [1.54, 1.807) is 0 Å². The molecule has 0 spiro atoms. The number of nitrogens with one attached hydrogen (secondary N) is 2. The number of sulfonamides is 2. The molecule has 2 aromatic rings. The molecule has 28 heavy (non-hydrogen) atoms. The molecule has 0 unspecified atom stereocenters. The summed E-state index contributed by atoms with van der Waals surface area (Å²) in [5.41, 5.74) is 1.75. The number of para-hydroxylation sites is 1. The van der Waals surface area contributed by atoms with Gasteiger partial charge in [0.05, 0.1) is 4.92 Å². The zero-order valence-corrected chi connectivity index (χ0v) is 16.1. The first-order valence-corrected chi connectivity index (χ1v) is 11.1. The molecule has 1 aromatic heterocycles. The zero-order chi connectivity index (χ0) is 20.4. The maximum absolute atomic E-state index is 12.4. The highest BCUT2D eigenvalue weighted by molar-refractivity contribution is 7.89. The van der Waals surface area contributed by atoms with Crippen molar-refractivity contribution in [2.75, 3.05) is 18.5 Å². The average Bonchev–Trinajstić information content (AvgIpc) is 3.22. The summed E-state index contributed by atoms with van der Waals surface area (Å²) in [5.74, 6) is 0.0301. The second kappa shape index (κ2) is 7.79. The molecule has 0 saturated carbocycles. The molecule has 0 radical (unpaired) electrons. The van der Waals surface area contributed by atoms with E-state index in [0.29, 0.717) is 13.1 Å². The molecule has 11 nitrogen and oxygen atoms in total. The first-order valence-electron chi connectivity index (χ1n) is 8.19. The number of anilines is 1. The summed E-state index contributed by atoms with van der Waals surface area (Å²) in [4.78, 5) is 15.6. The van der Waals surface area contributed by atoms with Crippen LogP contribution in [-0.2, 0) is 20.0 Å². The van der Waals surface area contributed by atoms with Gasteiger partial charge in [-0.2, -0.15) is 4.31 Å². The highest BCUT2D eigenvalue weighted by Crippen LogP contribution is 2.23. The van der Waals surface area contributed by atoms with E-state index in [0.717, 1.165) is 31.2 Å². The van der Waals surface area contributed by atoms with E-state index in [1.807, 2.05) is 4.83 Å². The van der Waals surface area contributed by atoms with Crippen molar-refractivity contribution in [3.63, 3.8) is 0 Å². The maximum atomic E-state index is 12.4. The SMILES string of the molecule is O=[N+]([O-])c1ccccc1S(=O)(=O)NNc1ccc(S(=O)(=O)N2CCCC2)cn1. The Hall–Kier alpha value is -2.61. The molecular weight excluding hydrogens is 410 g/mol. The smallest absolute Gasteiger partial charge is 0.289 e. The number of pyridine rings is 1. The Morgan fingerprint density at radius 2 is 1.71 bits per heavy atom. The lowest BCUT2D eigenvalue weighted by Crippen LogP contribution is -2.31. The zero-order valence-electron chi connectivity index (χ0n) is 14.5. The summed E-state index contributed by atoms with van der Waals surface area (Å²) in [6.07, 6.45) is 2.73. The van der Waals surface area contributed by atoms with Crippen LogP contribution in [0.25, 0.3) is 0 Å². The Morgan fingerprint density at radius 1 is 1.04 bits per heavy atom. The minimum absolute atomic E-state index is 0.00139. The van der Waals surface area contributed by atoms with Crippen molar-refractivity contribution in [1.82, 2.24) is 14.1 Å². The van der Waals surface area contributed by atoms with Crippen molar-refractivity contribution >= 4 is 31.6 Å². The van der Waals surface area contributed by atoms with Gasteiger partial charge in [0.25, 0.3) is 15.7 Å². The van der Waals surface area contributed by atoms with Gasteiger partial charge in [-0.3, -0.25) is 15.5 Å². The van der Waals surface area contributed by atoms with Crippen LogP contribution in [0.3, 0.4) is 0 Å². The van der Waals surface area contributed by atoms with Gasteiger partial charge in [-0.05, 0) is 31.0 Å². The molecule has 0 aliphatic carbocycles. The number of benzene rings is 1. The maximum Gasteiger partial charge on any atom is 0.289 e. The van der Waals surface area contributed by atoms with Gasteiger partial charge in [0, 0.05) is 25.4 Å². The minimum Gasteiger partial charge on any atom is -0.292 e. The normalized spacial score (nSPS) is 15.4. The van der Waals surface area contributed by atoms with Crippen LogP contribution >= 0.6 is 0 Å². The van der Waals surface area contributed by atoms with Crippen LogP contribution in [0.4, 0.5) is 11.5 Å². The van der Waals surface area contributed by atoms with Crippen molar-refractivity contribution in [3.8, 4) is 0 Å². The van der Waals surface area contributed by atoms with Gasteiger partial charge >= 0.3 is 0 Å². The molecule has 13 heteroatoms. The van der Waals surface area contributed by atoms with Crippen LogP contribution < -0.4 is 10.3 Å². The fourth-order valence-corrected chi connectivity index (χ4v) is 5.18. The number of nitro groups is 1. The van der Waals surface area contributed by atoms with Crippen LogP contribution in [0.15, 0.2) is 52.4 Å². The van der Waals surface area contributed by atoms with E-state index in [4.69, 9.17) is 0 Å². The monoisotopic (exact) mass is 427 g/mol. The topological polar surface area (TPSA) is 152 Å². The number of hydrogen-bond acceptors (Lipinski definition) is 8. The molecule has 1 saturated heterocycles. The Kier molecular flexibility index (Phi) is 5.60. The number of rotatable bonds is 7. The summed E-state index contributed by atoms with van der Waals surface area (Å²) in [5, 5.41) is 11.0. The first-order chi connectivity index (χ1) is 13.2. The summed E-state index contributed by atoms with van der Waals surface area (Å²) in [6.45, 7) is 0.913. The van der Waals surface area contributed by atoms with Crippen LogP contribution in [0.2, 0.25) is 0 Å². The first kappa shape index (κ1) is 20.1. The predicted molar refractivity (Wildman–Crippen MR) is 99.3 cm³/mol. The Morgan fingerprint density at radius 3 is 2.32 bits per heavy atom. The third-order valence-electron chi connectivity index (χ3n) is 4.10. The molecule has 1 fully saturated rings. The second-order valence-electron chi connectivity index (χ2n) is 5.95. The van der Waals surface area contributed by atoms with Crippen LogP contribution in [-0.4, -0.2) is 44.1 Å². The number of nitrogens with zero attached hydrogens (tertiary/aromatic N) is 3. The fraction of sp³-hybridized carbons (Fsp3) is 0.267. The van der Waals surface area contributed by atoms with Crippen LogP contribution in [0.5, 0.6) is 0 Å². The van der Waals surface area contributed by atoms with E-state index in [-0.39, 0.29) is 10.7 Å². The molecule has 2 N–H and O–H groups in total. The number of hydrazine groups is 1. The van der Waals surface area contributed by atoms with Gasteiger partial charge in [-0.15, -0.1) is 4.83 Å². The largest absolute Gasteiger partial charge is 0.292 e. The van der Waals surface area contributed by atoms with Gasteiger partial charge in [-0.25, -0.2) is 21.8 Å². The van der Waals surface area contributed by atoms with E-state index in [9.17, 15) is 26.9 Å². The lowest BCUT2D eigenvalue weighted by atomic mass is 10.3. The Balaban J connectivity index is 1.74. The Bertz CT molecular complexity index is 1080. The van der Waals surface area contributed by atoms with Crippen LogP contribution in [0, 0.1) is 10.1 Å². The summed E-state index contributed by atoms with van der Waals surface area (Å²) < 4.78 is 50.9. The van der Waals surface area contributed by atoms with Crippen molar-refractivity contribution in [1.29, 1.82) is 0 Å². The number of hydrogen-bond donors (Lipinski definition) is 2. The molecule has 150 valence electrons. The summed E-state index contributed by atoms with van der Waals surface area (Å²) in [6, 6.07) is 7.49. The van der Waals surface area contributed by atoms with Crippen molar-refractivity contribution in [2.24, 2.45) is 0 Å². The molecular formula is C15H17N5O6S2. The second-order valence-corrected chi connectivity index (χ2v) is 9.53. The standard InChI is InChI=1S/C15H17N5O6S2/c21-20(22)13-5-1-2-6-14(13)27(23,24)18-17-15-8-7-12(11-16-15)28(25,26)19-9-3-4-10-19/h1-2,5-8,11,18H,3-4,9-10H2,(H,16,17). The van der Waals surface area contributed by atoms with Crippen LogP contribution in [0.1, 0.15) is 12.8 Å². The highest BCUT2D eigenvalue weighted by atomic mass is 32.2. The molecule has 0 amide bonds. The number of aromatic nitrogens is 1. The molecule has 1 aliphatic heterocycles. The molecule has 0 atom stereocenters. The van der Waals surface area contributed by atoms with Gasteiger partial charge in [0.15, 0.2) is 4.90 Å². The van der Waals surface area contributed by atoms with Crippen molar-refractivity contribution in [2.45, 2.75) is 22.6 Å². The predicted octanol–water partition coefficient (Wildman–Crippen LogP) is 1.08. The average molecular weight is 427 g/mol. The number of nitro benzene ring substituents is 1. The highest BCUT2D eigenvalue weighted by Gasteiger charge is 2.28. The van der Waals surface area contributed by atoms with E-state index in [2.05, 4.69) is 10.4 Å². The van der Waals surface area contributed by atoms with E-state index < -0.39 is 35.6 Å². The molecule has 3 rings (SSSR count). The molecule has 1 aliphatic rings. The molecule has 0 bridgehead atoms. The van der Waals surface area contributed by atoms with Crippen molar-refractivity contribution < 1.29 is 21.8 Å². The van der Waals surface area contributed by atoms with Gasteiger partial charge in [-0.1, -0.05) is 12.1 Å². The quantitative estimate of drug-likeness (QED) is 0.492. The Labute approximate surface area is 161 Å². The summed E-state index contributed by atoms with van der Waals surface area (Å²) in [7, 11) is -7.88.